The molecule has 4 aliphatic carbocycles. The molecule has 2 N–H and O–H groups in total. The van der Waals surface area contributed by atoms with Gasteiger partial charge in [0.25, 0.3) is 0 Å². The number of nitrogens with one attached hydrogen (secondary N) is 2. The SMILES string of the molecule is C=CCOCC(=O)C(=O)[C@H](CCC)CC(=O)[C@@H]1C[C@@H]2CCCC[C@@H]2N1C(C)=O.CCC[C@H](CC(=O)[C@@H]1C[C@@H]2CCCC[C@@H]2N1C(C)=O)C(=O)C(=O)COCc1ccccc1.C[C@@H](NC(=O)[C@@H](CC(=O)c1cnccn1)C1CCCCC1)C(C)(C)C.C[C@@H](NC(=O)[C@@H](CC(=O)c1cnccn1)C1CCCCC1)C(C)(C)C. The number of benzene rings is 1. The molecule has 12 atom stereocenters. The van der Waals surface area contributed by atoms with Gasteiger partial charge in [-0.1, -0.05) is 169 Å². The molecule has 6 aliphatic rings. The van der Waals surface area contributed by atoms with Crippen molar-refractivity contribution in [1.29, 1.82) is 0 Å². The van der Waals surface area contributed by atoms with Gasteiger partial charge in [-0.3, -0.25) is 67.5 Å². The van der Waals surface area contributed by atoms with Crippen LogP contribution in [0.15, 0.2) is 80.2 Å². The summed E-state index contributed by atoms with van der Waals surface area (Å²) in [5, 5.41) is 6.29. The summed E-state index contributed by atoms with van der Waals surface area (Å²) in [4.78, 5) is 172. The molecule has 1 aromatic carbocycles. The highest BCUT2D eigenvalue weighted by atomic mass is 16.5. The zero-order valence-electron chi connectivity index (χ0n) is 68.2. The van der Waals surface area contributed by atoms with Crippen LogP contribution in [0, 0.1) is 58.2 Å². The molecule has 2 aliphatic heterocycles. The quantitative estimate of drug-likeness (QED) is 0.0243. The maximum absolute atomic E-state index is 13.2. The first-order valence-corrected chi connectivity index (χ1v) is 41.2. The number of Topliss-reactive ketones (excluding diaryl/α,β-unsaturated/α-hetero) is 8. The predicted molar refractivity (Wildman–Crippen MR) is 423 cm³/mol. The molecular weight excluding hydrogens is 1390 g/mol. The predicted octanol–water partition coefficient (Wildman–Crippen LogP) is 14.4. The highest BCUT2D eigenvalue weighted by molar-refractivity contribution is 6.39. The van der Waals surface area contributed by atoms with E-state index in [2.05, 4.69) is 78.7 Å². The van der Waals surface area contributed by atoms with Crippen LogP contribution in [0.3, 0.4) is 0 Å². The van der Waals surface area contributed by atoms with E-state index >= 15 is 0 Å². The Labute approximate surface area is 655 Å². The van der Waals surface area contributed by atoms with E-state index in [1.54, 1.807) is 22.2 Å². The third kappa shape index (κ3) is 28.2. The molecule has 0 bridgehead atoms. The Hall–Kier alpha value is -7.72. The monoisotopic (exact) mass is 1520 g/mol. The molecule has 0 spiro atoms. The highest BCUT2D eigenvalue weighted by Gasteiger charge is 2.49. The summed E-state index contributed by atoms with van der Waals surface area (Å²) in [6, 6.07) is 8.94. The number of hydrogen-bond acceptors (Lipinski definition) is 18. The van der Waals surface area contributed by atoms with Crippen molar-refractivity contribution in [3.8, 4) is 0 Å². The second kappa shape index (κ2) is 45.7. The van der Waals surface area contributed by atoms with Gasteiger partial charge in [-0.05, 0) is 131 Å². The van der Waals surface area contributed by atoms with Gasteiger partial charge in [0.1, 0.15) is 24.6 Å². The smallest absolute Gasteiger partial charge is 0.224 e. The molecular formula is C88H130N8O14. The summed E-state index contributed by atoms with van der Waals surface area (Å²) < 4.78 is 10.5. The third-order valence-electron chi connectivity index (χ3n) is 23.9. The van der Waals surface area contributed by atoms with Gasteiger partial charge in [-0.2, -0.15) is 0 Å². The van der Waals surface area contributed by atoms with Gasteiger partial charge in [0.15, 0.2) is 23.1 Å². The molecule has 9 rings (SSSR count). The van der Waals surface area contributed by atoms with Crippen LogP contribution in [-0.2, 0) is 64.0 Å². The number of carbonyl (C=O) groups excluding carboxylic acids is 12. The molecule has 4 amide bonds. The van der Waals surface area contributed by atoms with Crippen LogP contribution in [0.5, 0.6) is 0 Å². The van der Waals surface area contributed by atoms with E-state index in [0.29, 0.717) is 61.7 Å². The minimum Gasteiger partial charge on any atom is -0.369 e. The Bertz CT molecular complexity index is 3390. The number of hydrogen-bond donors (Lipinski definition) is 2. The topological polar surface area (TPSA) is 305 Å². The van der Waals surface area contributed by atoms with Crippen molar-refractivity contribution < 1.29 is 67.0 Å². The van der Waals surface area contributed by atoms with Gasteiger partial charge in [0.05, 0.1) is 37.7 Å². The van der Waals surface area contributed by atoms with E-state index in [9.17, 15) is 57.5 Å². The molecule has 2 saturated heterocycles. The van der Waals surface area contributed by atoms with Crippen molar-refractivity contribution in [1.82, 2.24) is 40.4 Å². The maximum Gasteiger partial charge on any atom is 0.224 e. The summed E-state index contributed by atoms with van der Waals surface area (Å²) >= 11 is 0. The van der Waals surface area contributed by atoms with Gasteiger partial charge in [-0.15, -0.1) is 6.58 Å². The Morgan fingerprint density at radius 1 is 0.518 bits per heavy atom. The summed E-state index contributed by atoms with van der Waals surface area (Å²) in [6.07, 6.45) is 34.4. The average Bonchev–Trinajstić information content (AvgIpc) is 1.64. The van der Waals surface area contributed by atoms with E-state index in [1.165, 1.54) is 57.6 Å². The van der Waals surface area contributed by atoms with Crippen LogP contribution in [0.1, 0.15) is 289 Å². The highest BCUT2D eigenvalue weighted by Crippen LogP contribution is 2.43. The largest absolute Gasteiger partial charge is 0.369 e. The molecule has 606 valence electrons. The number of rotatable bonds is 34. The number of ketones is 8. The van der Waals surface area contributed by atoms with Gasteiger partial charge >= 0.3 is 0 Å². The lowest BCUT2D eigenvalue weighted by molar-refractivity contribution is -0.144. The summed E-state index contributed by atoms with van der Waals surface area (Å²) in [6.45, 7) is 27.0. The number of amides is 4. The zero-order chi connectivity index (χ0) is 80.7. The zero-order valence-corrected chi connectivity index (χ0v) is 68.2. The Morgan fingerprint density at radius 2 is 0.900 bits per heavy atom. The lowest BCUT2D eigenvalue weighted by Gasteiger charge is -2.33. The van der Waals surface area contributed by atoms with E-state index < -0.39 is 47.1 Å². The standard InChI is InChI=1S/C26H35NO5.C22H33NO5.2C20H31N3O2/c1-3-9-21(26(31)25(30)17-32-16-19-10-5-4-6-11-19)15-24(29)23-14-20-12-7-8-13-22(20)27(23)18(2)28;1-4-8-17(22(27)21(26)14-28-11-5-2)13-20(25)19-12-16-9-6-7-10-18(16)23(19)15(3)24;2*1-14(20(2,3)4)23-19(25)16(15-8-6-5-7-9-15)12-18(24)17-13-21-10-11-22-17/h4-6,10-11,20-23H,3,7-9,12-17H2,1-2H3;5,16-19H,2,4,6-14H2,1,3H3;2*10-11,13-16H,5-9,12H2,1-4H3,(H,23,25)/t20-,21+,22-,23-;16-,17+,18-,19-;2*14-,16+/m0011/s1. The molecule has 0 unspecified atom stereocenters. The van der Waals surface area contributed by atoms with E-state index in [4.69, 9.17) is 9.47 Å². The molecule has 2 aromatic heterocycles. The lowest BCUT2D eigenvalue weighted by Crippen LogP contribution is -2.46. The normalized spacial score (nSPS) is 21.6. The molecule has 0 radical (unpaired) electrons. The van der Waals surface area contributed by atoms with Gasteiger partial charge in [-0.25, -0.2) is 9.97 Å². The Balaban J connectivity index is 0.000000230. The summed E-state index contributed by atoms with van der Waals surface area (Å²) in [5.74, 6) is -3.27. The van der Waals surface area contributed by atoms with Crippen LogP contribution in [0.2, 0.25) is 0 Å². The molecule has 110 heavy (non-hydrogen) atoms. The van der Waals surface area contributed by atoms with Crippen LogP contribution in [0.25, 0.3) is 0 Å². The van der Waals surface area contributed by atoms with Gasteiger partial charge < -0.3 is 29.9 Å². The van der Waals surface area contributed by atoms with E-state index in [0.717, 1.165) is 108 Å². The second-order valence-corrected chi connectivity index (χ2v) is 33.9. The number of aromatic nitrogens is 4. The van der Waals surface area contributed by atoms with Crippen molar-refractivity contribution in [2.75, 3.05) is 19.8 Å². The van der Waals surface area contributed by atoms with Gasteiger partial charge in [0.2, 0.25) is 46.8 Å². The first-order valence-electron chi connectivity index (χ1n) is 41.2. The van der Waals surface area contributed by atoms with Crippen molar-refractivity contribution in [2.24, 2.45) is 58.2 Å². The van der Waals surface area contributed by atoms with E-state index in [-0.39, 0.29) is 158 Å². The van der Waals surface area contributed by atoms with Gasteiger partial charge in [0, 0.05) is 112 Å². The molecule has 3 aromatic rings. The summed E-state index contributed by atoms with van der Waals surface area (Å²) in [7, 11) is 0. The average molecular weight is 1520 g/mol. The molecule has 4 heterocycles. The Morgan fingerprint density at radius 3 is 1.25 bits per heavy atom. The third-order valence-corrected chi connectivity index (χ3v) is 23.9. The van der Waals surface area contributed by atoms with Crippen molar-refractivity contribution in [3.05, 3.63) is 97.1 Å². The fraction of sp³-hybridized carbons (Fsp3) is 0.682. The van der Waals surface area contributed by atoms with E-state index in [1.807, 2.05) is 58.0 Å². The van der Waals surface area contributed by atoms with Crippen LogP contribution in [-0.4, -0.2) is 156 Å². The minimum absolute atomic E-state index is 0.00608. The fourth-order valence-corrected chi connectivity index (χ4v) is 16.8. The first kappa shape index (κ1) is 91.2. The minimum atomic E-state index is -0.642. The second-order valence-electron chi connectivity index (χ2n) is 33.9. The number of fused-ring (bicyclic) bond motifs is 2. The number of ether oxygens (including phenoxy) is 2. The van der Waals surface area contributed by atoms with Crippen molar-refractivity contribution in [3.63, 3.8) is 0 Å². The molecule has 22 nitrogen and oxygen atoms in total. The lowest BCUT2D eigenvalue weighted by atomic mass is 9.76. The van der Waals surface area contributed by atoms with Crippen LogP contribution >= 0.6 is 0 Å². The molecule has 6 fully saturated rings. The van der Waals surface area contributed by atoms with Crippen LogP contribution < -0.4 is 10.6 Å². The van der Waals surface area contributed by atoms with Crippen molar-refractivity contribution in [2.45, 2.75) is 306 Å². The fourth-order valence-electron chi connectivity index (χ4n) is 16.8. The first-order chi connectivity index (χ1) is 52.4. The van der Waals surface area contributed by atoms with Crippen molar-refractivity contribution >= 4 is 69.9 Å². The van der Waals surface area contributed by atoms with Crippen LogP contribution in [0.4, 0.5) is 0 Å². The Kier molecular flexibility index (Phi) is 37.9. The molecule has 4 saturated carbocycles. The maximum atomic E-state index is 13.2. The number of nitrogens with zero attached hydrogens (tertiary/aromatic N) is 6. The molecule has 22 heteroatoms. The number of carbonyl (C=O) groups is 12. The summed E-state index contributed by atoms with van der Waals surface area (Å²) in [5.41, 5.74) is 1.60. The number of likely N-dealkylation sites (tertiary alicyclic amines) is 2.